The molecule has 4 heteroatoms. The standard InChI is InChI=1S/C11H21N3O/c1-8(2)10(7-15-5)12-11-6-9(3)14(4)13-11/h6,8,10H,7H2,1-5H3,(H,12,13). The van der Waals surface area contributed by atoms with Crippen LogP contribution >= 0.6 is 0 Å². The van der Waals surface area contributed by atoms with Crippen LogP contribution in [-0.4, -0.2) is 29.5 Å². The summed E-state index contributed by atoms with van der Waals surface area (Å²) in [5, 5.41) is 7.75. The second kappa shape index (κ2) is 5.16. The van der Waals surface area contributed by atoms with E-state index in [4.69, 9.17) is 4.74 Å². The van der Waals surface area contributed by atoms with Crippen LogP contribution in [0.25, 0.3) is 0 Å². The summed E-state index contributed by atoms with van der Waals surface area (Å²) in [6.07, 6.45) is 0. The maximum Gasteiger partial charge on any atom is 0.148 e. The van der Waals surface area contributed by atoms with Gasteiger partial charge in [0.2, 0.25) is 0 Å². The smallest absolute Gasteiger partial charge is 0.148 e. The highest BCUT2D eigenvalue weighted by Gasteiger charge is 2.14. The monoisotopic (exact) mass is 211 g/mol. The summed E-state index contributed by atoms with van der Waals surface area (Å²) >= 11 is 0. The minimum Gasteiger partial charge on any atom is -0.383 e. The summed E-state index contributed by atoms with van der Waals surface area (Å²) in [5.74, 6) is 1.44. The Morgan fingerprint density at radius 1 is 1.53 bits per heavy atom. The quantitative estimate of drug-likeness (QED) is 0.807. The maximum atomic E-state index is 5.18. The van der Waals surface area contributed by atoms with Crippen molar-refractivity contribution in [3.63, 3.8) is 0 Å². The van der Waals surface area contributed by atoms with Gasteiger partial charge in [-0.1, -0.05) is 13.8 Å². The predicted molar refractivity (Wildman–Crippen MR) is 62.1 cm³/mol. The lowest BCUT2D eigenvalue weighted by Gasteiger charge is -2.21. The second-order valence-electron chi connectivity index (χ2n) is 4.24. The average molecular weight is 211 g/mol. The van der Waals surface area contributed by atoms with E-state index in [9.17, 15) is 0 Å². The van der Waals surface area contributed by atoms with Gasteiger partial charge in [0.25, 0.3) is 0 Å². The molecule has 15 heavy (non-hydrogen) atoms. The Morgan fingerprint density at radius 3 is 2.60 bits per heavy atom. The van der Waals surface area contributed by atoms with Crippen molar-refractivity contribution >= 4 is 5.82 Å². The molecule has 1 atom stereocenters. The number of nitrogens with one attached hydrogen (secondary N) is 1. The van der Waals surface area contributed by atoms with Crippen LogP contribution in [0.3, 0.4) is 0 Å². The lowest BCUT2D eigenvalue weighted by molar-refractivity contribution is 0.171. The number of hydrogen-bond donors (Lipinski definition) is 1. The number of aromatic nitrogens is 2. The van der Waals surface area contributed by atoms with Crippen LogP contribution in [0.2, 0.25) is 0 Å². The first kappa shape index (κ1) is 12.0. The first-order valence-electron chi connectivity index (χ1n) is 5.30. The first-order chi connectivity index (χ1) is 7.04. The Labute approximate surface area is 91.6 Å². The van der Waals surface area contributed by atoms with Gasteiger partial charge in [0.15, 0.2) is 0 Å². The molecular weight excluding hydrogens is 190 g/mol. The third kappa shape index (κ3) is 3.23. The molecule has 1 N–H and O–H groups in total. The Balaban J connectivity index is 2.65. The molecule has 0 radical (unpaired) electrons. The molecule has 1 aromatic heterocycles. The van der Waals surface area contributed by atoms with Gasteiger partial charge in [-0.3, -0.25) is 4.68 Å². The fourth-order valence-electron chi connectivity index (χ4n) is 1.40. The van der Waals surface area contributed by atoms with Crippen LogP contribution in [0.5, 0.6) is 0 Å². The molecule has 0 amide bonds. The zero-order chi connectivity index (χ0) is 11.4. The Hall–Kier alpha value is -1.03. The van der Waals surface area contributed by atoms with Crippen molar-refractivity contribution in [2.45, 2.75) is 26.8 Å². The fourth-order valence-corrected chi connectivity index (χ4v) is 1.40. The van der Waals surface area contributed by atoms with Crippen LogP contribution in [0.4, 0.5) is 5.82 Å². The first-order valence-corrected chi connectivity index (χ1v) is 5.30. The molecule has 1 unspecified atom stereocenters. The average Bonchev–Trinajstić information content (AvgIpc) is 2.45. The van der Waals surface area contributed by atoms with Gasteiger partial charge in [0.05, 0.1) is 12.6 Å². The van der Waals surface area contributed by atoms with E-state index >= 15 is 0 Å². The topological polar surface area (TPSA) is 39.1 Å². The van der Waals surface area contributed by atoms with Crippen molar-refractivity contribution < 1.29 is 4.74 Å². The van der Waals surface area contributed by atoms with Gasteiger partial charge in [0.1, 0.15) is 5.82 Å². The van der Waals surface area contributed by atoms with Gasteiger partial charge < -0.3 is 10.1 Å². The molecule has 0 aliphatic rings. The number of rotatable bonds is 5. The van der Waals surface area contributed by atoms with E-state index in [0.29, 0.717) is 18.6 Å². The van der Waals surface area contributed by atoms with E-state index in [1.165, 1.54) is 0 Å². The molecule has 0 aliphatic heterocycles. The summed E-state index contributed by atoms with van der Waals surface area (Å²) in [4.78, 5) is 0. The lowest BCUT2D eigenvalue weighted by atomic mass is 10.1. The van der Waals surface area contributed by atoms with Crippen molar-refractivity contribution in [1.82, 2.24) is 9.78 Å². The number of hydrogen-bond acceptors (Lipinski definition) is 3. The van der Waals surface area contributed by atoms with Crippen LogP contribution < -0.4 is 5.32 Å². The summed E-state index contributed by atoms with van der Waals surface area (Å²) in [6.45, 7) is 7.09. The molecule has 1 rings (SSSR count). The fraction of sp³-hybridized carbons (Fsp3) is 0.727. The zero-order valence-electron chi connectivity index (χ0n) is 10.2. The highest BCUT2D eigenvalue weighted by atomic mass is 16.5. The number of ether oxygens (including phenoxy) is 1. The number of anilines is 1. The normalized spacial score (nSPS) is 13.2. The van der Waals surface area contributed by atoms with Crippen LogP contribution in [-0.2, 0) is 11.8 Å². The minimum absolute atomic E-state index is 0.310. The van der Waals surface area contributed by atoms with Gasteiger partial charge in [-0.05, 0) is 12.8 Å². The summed E-state index contributed by atoms with van der Waals surface area (Å²) in [5.41, 5.74) is 1.15. The molecule has 0 spiro atoms. The molecule has 86 valence electrons. The van der Waals surface area contributed by atoms with Gasteiger partial charge in [-0.25, -0.2) is 0 Å². The van der Waals surface area contributed by atoms with Gasteiger partial charge >= 0.3 is 0 Å². The van der Waals surface area contributed by atoms with E-state index in [-0.39, 0.29) is 0 Å². The molecule has 0 aromatic carbocycles. The number of aryl methyl sites for hydroxylation is 2. The maximum absolute atomic E-state index is 5.18. The van der Waals surface area contributed by atoms with Crippen LogP contribution in [0.15, 0.2) is 6.07 Å². The molecular formula is C11H21N3O. The molecule has 1 heterocycles. The highest BCUT2D eigenvalue weighted by molar-refractivity contribution is 5.36. The van der Waals surface area contributed by atoms with Crippen molar-refractivity contribution in [3.8, 4) is 0 Å². The van der Waals surface area contributed by atoms with Crippen molar-refractivity contribution in [2.75, 3.05) is 19.0 Å². The Bertz CT molecular complexity index is 287. The third-order valence-corrected chi connectivity index (χ3v) is 2.60. The van der Waals surface area contributed by atoms with E-state index in [1.54, 1.807) is 7.11 Å². The van der Waals surface area contributed by atoms with E-state index in [1.807, 2.05) is 24.7 Å². The second-order valence-corrected chi connectivity index (χ2v) is 4.24. The molecule has 0 saturated carbocycles. The summed E-state index contributed by atoms with van der Waals surface area (Å²) < 4.78 is 7.05. The third-order valence-electron chi connectivity index (χ3n) is 2.60. The molecule has 0 aliphatic carbocycles. The molecule has 0 fully saturated rings. The van der Waals surface area contributed by atoms with Gasteiger partial charge in [-0.15, -0.1) is 0 Å². The molecule has 0 bridgehead atoms. The molecule has 4 nitrogen and oxygen atoms in total. The van der Waals surface area contributed by atoms with E-state index in [2.05, 4.69) is 24.3 Å². The highest BCUT2D eigenvalue weighted by Crippen LogP contribution is 2.12. The Morgan fingerprint density at radius 2 is 2.20 bits per heavy atom. The minimum atomic E-state index is 0.310. The zero-order valence-corrected chi connectivity index (χ0v) is 10.2. The van der Waals surface area contributed by atoms with Crippen molar-refractivity contribution in [2.24, 2.45) is 13.0 Å². The molecule has 0 saturated heterocycles. The van der Waals surface area contributed by atoms with Gasteiger partial charge in [-0.2, -0.15) is 5.10 Å². The van der Waals surface area contributed by atoms with Crippen molar-refractivity contribution in [3.05, 3.63) is 11.8 Å². The summed E-state index contributed by atoms with van der Waals surface area (Å²) in [7, 11) is 3.67. The number of methoxy groups -OCH3 is 1. The van der Waals surface area contributed by atoms with E-state index < -0.39 is 0 Å². The van der Waals surface area contributed by atoms with Gasteiger partial charge in [0, 0.05) is 25.9 Å². The SMILES string of the molecule is COCC(Nc1cc(C)n(C)n1)C(C)C. The van der Waals surface area contributed by atoms with Crippen LogP contribution in [0, 0.1) is 12.8 Å². The Kier molecular flexibility index (Phi) is 4.15. The molecule has 1 aromatic rings. The largest absolute Gasteiger partial charge is 0.383 e. The van der Waals surface area contributed by atoms with Crippen LogP contribution in [0.1, 0.15) is 19.5 Å². The summed E-state index contributed by atoms with van der Waals surface area (Å²) in [6, 6.07) is 2.36. The van der Waals surface area contributed by atoms with E-state index in [0.717, 1.165) is 11.5 Å². The number of nitrogens with zero attached hydrogens (tertiary/aromatic N) is 2. The van der Waals surface area contributed by atoms with Crippen molar-refractivity contribution in [1.29, 1.82) is 0 Å². The lowest BCUT2D eigenvalue weighted by Crippen LogP contribution is -2.30. The predicted octanol–water partition coefficient (Wildman–Crippen LogP) is 1.81.